The van der Waals surface area contributed by atoms with Crippen LogP contribution in [0.4, 0.5) is 5.82 Å². The molecule has 0 aromatic carbocycles. The Morgan fingerprint density at radius 3 is 3.00 bits per heavy atom. The van der Waals surface area contributed by atoms with E-state index in [-0.39, 0.29) is 11.9 Å². The summed E-state index contributed by atoms with van der Waals surface area (Å²) < 4.78 is 7.65. The molecule has 1 atom stereocenters. The molecule has 106 valence electrons. The van der Waals surface area contributed by atoms with Crippen LogP contribution in [-0.4, -0.2) is 51.4 Å². The molecule has 0 saturated carbocycles. The maximum absolute atomic E-state index is 10.7. The fourth-order valence-electron chi connectivity index (χ4n) is 2.13. The maximum atomic E-state index is 10.7. The monoisotopic (exact) mass is 332 g/mol. The number of nitro groups is 1. The predicted octanol–water partition coefficient (Wildman–Crippen LogP) is 1.66. The average Bonchev–Trinajstić information content (AvgIpc) is 2.70. The molecule has 19 heavy (non-hydrogen) atoms. The first-order valence-corrected chi connectivity index (χ1v) is 6.99. The Bertz CT molecular complexity index is 463. The van der Waals surface area contributed by atoms with Crippen molar-refractivity contribution in [3.8, 4) is 0 Å². The Hall–Kier alpha value is -0.990. The normalized spacial score (nSPS) is 20.9. The molecule has 0 spiro atoms. The number of morpholine rings is 1. The van der Waals surface area contributed by atoms with E-state index in [1.165, 1.54) is 0 Å². The van der Waals surface area contributed by atoms with Crippen molar-refractivity contribution in [2.24, 2.45) is 0 Å². The van der Waals surface area contributed by atoms with E-state index in [0.717, 1.165) is 13.1 Å². The standard InChI is InChI=1S/C11H17BrN4O3/c1-8(2)14-3-4-19-9(5-14)6-15-7-10(12)11(13-15)16(17)18/h7-9H,3-6H2,1-2H3. The number of aromatic nitrogens is 2. The largest absolute Gasteiger partial charge is 0.404 e. The van der Waals surface area contributed by atoms with E-state index in [1.807, 2.05) is 0 Å². The van der Waals surface area contributed by atoms with E-state index in [0.29, 0.717) is 23.7 Å². The van der Waals surface area contributed by atoms with Crippen molar-refractivity contribution >= 4 is 21.7 Å². The van der Waals surface area contributed by atoms with Gasteiger partial charge in [0.25, 0.3) is 0 Å². The zero-order valence-corrected chi connectivity index (χ0v) is 12.5. The third-order valence-corrected chi connectivity index (χ3v) is 3.72. The van der Waals surface area contributed by atoms with Gasteiger partial charge in [-0.15, -0.1) is 0 Å². The average molecular weight is 333 g/mol. The van der Waals surface area contributed by atoms with Crippen molar-refractivity contribution in [2.75, 3.05) is 19.7 Å². The summed E-state index contributed by atoms with van der Waals surface area (Å²) >= 11 is 3.14. The topological polar surface area (TPSA) is 73.4 Å². The van der Waals surface area contributed by atoms with Gasteiger partial charge in [0.15, 0.2) is 0 Å². The quantitative estimate of drug-likeness (QED) is 0.619. The molecule has 1 fully saturated rings. The Morgan fingerprint density at radius 2 is 2.42 bits per heavy atom. The van der Waals surface area contributed by atoms with Crippen LogP contribution in [0, 0.1) is 10.1 Å². The van der Waals surface area contributed by atoms with Gasteiger partial charge in [0.1, 0.15) is 4.47 Å². The predicted molar refractivity (Wildman–Crippen MR) is 73.0 cm³/mol. The minimum atomic E-state index is -0.497. The van der Waals surface area contributed by atoms with Crippen molar-refractivity contribution < 1.29 is 9.66 Å². The lowest BCUT2D eigenvalue weighted by Gasteiger charge is -2.35. The van der Waals surface area contributed by atoms with Gasteiger partial charge in [-0.2, -0.15) is 4.68 Å². The van der Waals surface area contributed by atoms with E-state index in [1.54, 1.807) is 10.9 Å². The highest BCUT2D eigenvalue weighted by atomic mass is 79.9. The summed E-state index contributed by atoms with van der Waals surface area (Å²) in [7, 11) is 0. The van der Waals surface area contributed by atoms with Crippen molar-refractivity contribution in [1.82, 2.24) is 14.7 Å². The van der Waals surface area contributed by atoms with Crippen LogP contribution in [0.25, 0.3) is 0 Å². The lowest BCUT2D eigenvalue weighted by Crippen LogP contribution is -2.47. The number of hydrogen-bond acceptors (Lipinski definition) is 5. The molecule has 1 aliphatic rings. The van der Waals surface area contributed by atoms with E-state index in [2.05, 4.69) is 39.8 Å². The molecule has 2 heterocycles. The second-order valence-corrected chi connectivity index (χ2v) is 5.72. The molecule has 1 saturated heterocycles. The molecule has 1 aromatic rings. The molecule has 0 bridgehead atoms. The smallest absolute Gasteiger partial charge is 0.374 e. The van der Waals surface area contributed by atoms with Crippen LogP contribution in [0.15, 0.2) is 10.7 Å². The van der Waals surface area contributed by atoms with Crippen LogP contribution >= 0.6 is 15.9 Å². The number of halogens is 1. The van der Waals surface area contributed by atoms with E-state index < -0.39 is 4.92 Å². The maximum Gasteiger partial charge on any atom is 0.404 e. The van der Waals surface area contributed by atoms with Gasteiger partial charge >= 0.3 is 5.82 Å². The molecular formula is C11H17BrN4O3. The van der Waals surface area contributed by atoms with Gasteiger partial charge in [-0.3, -0.25) is 4.90 Å². The summed E-state index contributed by atoms with van der Waals surface area (Å²) in [5.41, 5.74) is 0. The van der Waals surface area contributed by atoms with E-state index >= 15 is 0 Å². The summed E-state index contributed by atoms with van der Waals surface area (Å²) in [5.74, 6) is -0.156. The molecule has 0 aliphatic carbocycles. The fraction of sp³-hybridized carbons (Fsp3) is 0.727. The van der Waals surface area contributed by atoms with Gasteiger partial charge in [-0.25, -0.2) is 0 Å². The Kier molecular flexibility index (Phi) is 4.54. The lowest BCUT2D eigenvalue weighted by atomic mass is 10.2. The van der Waals surface area contributed by atoms with Crippen LogP contribution in [0.3, 0.4) is 0 Å². The highest BCUT2D eigenvalue weighted by Crippen LogP contribution is 2.22. The summed E-state index contributed by atoms with van der Waals surface area (Å²) in [6.45, 7) is 7.26. The van der Waals surface area contributed by atoms with Gasteiger partial charge in [0.05, 0.1) is 30.6 Å². The number of ether oxygens (including phenoxy) is 1. The van der Waals surface area contributed by atoms with Crippen molar-refractivity contribution in [3.05, 3.63) is 20.8 Å². The highest BCUT2D eigenvalue weighted by Gasteiger charge is 2.25. The van der Waals surface area contributed by atoms with Gasteiger partial charge in [-0.1, -0.05) is 0 Å². The SMILES string of the molecule is CC(C)N1CCOC(Cn2cc(Br)c([N+](=O)[O-])n2)C1. The second-order valence-electron chi connectivity index (χ2n) is 4.86. The Morgan fingerprint density at radius 1 is 1.68 bits per heavy atom. The van der Waals surface area contributed by atoms with Crippen LogP contribution in [-0.2, 0) is 11.3 Å². The minimum absolute atomic E-state index is 0.0163. The molecule has 0 radical (unpaired) electrons. The molecule has 8 heteroatoms. The molecule has 7 nitrogen and oxygen atoms in total. The van der Waals surface area contributed by atoms with E-state index in [4.69, 9.17) is 4.74 Å². The molecule has 0 amide bonds. The van der Waals surface area contributed by atoms with Crippen molar-refractivity contribution in [3.63, 3.8) is 0 Å². The Balaban J connectivity index is 2.01. The number of rotatable bonds is 4. The molecule has 0 N–H and O–H groups in total. The van der Waals surface area contributed by atoms with Crippen LogP contribution < -0.4 is 0 Å². The van der Waals surface area contributed by atoms with Crippen LogP contribution in [0.5, 0.6) is 0 Å². The lowest BCUT2D eigenvalue weighted by molar-refractivity contribution is -0.390. The third kappa shape index (κ3) is 3.52. The van der Waals surface area contributed by atoms with Crippen LogP contribution in [0.2, 0.25) is 0 Å². The summed E-state index contributed by atoms with van der Waals surface area (Å²) in [6.07, 6.45) is 1.64. The fourth-order valence-corrected chi connectivity index (χ4v) is 2.59. The molecule has 1 aromatic heterocycles. The number of hydrogen-bond donors (Lipinski definition) is 0. The minimum Gasteiger partial charge on any atom is -0.374 e. The first-order valence-electron chi connectivity index (χ1n) is 6.20. The molecule has 1 aliphatic heterocycles. The van der Waals surface area contributed by atoms with E-state index in [9.17, 15) is 10.1 Å². The summed E-state index contributed by atoms with van der Waals surface area (Å²) in [4.78, 5) is 12.6. The van der Waals surface area contributed by atoms with Crippen LogP contribution in [0.1, 0.15) is 13.8 Å². The molecule has 1 unspecified atom stereocenters. The summed E-state index contributed by atoms with van der Waals surface area (Å²) in [5, 5.41) is 14.7. The van der Waals surface area contributed by atoms with Gasteiger partial charge in [0, 0.05) is 19.1 Å². The zero-order chi connectivity index (χ0) is 14.0. The van der Waals surface area contributed by atoms with Gasteiger partial charge in [-0.05, 0) is 34.7 Å². The first-order chi connectivity index (χ1) is 8.97. The third-order valence-electron chi connectivity index (χ3n) is 3.16. The summed E-state index contributed by atoms with van der Waals surface area (Å²) in [6, 6.07) is 0.477. The Labute approximate surface area is 119 Å². The van der Waals surface area contributed by atoms with Gasteiger partial charge < -0.3 is 14.9 Å². The first kappa shape index (κ1) is 14.4. The zero-order valence-electron chi connectivity index (χ0n) is 11.0. The second kappa shape index (κ2) is 5.98. The van der Waals surface area contributed by atoms with Crippen molar-refractivity contribution in [2.45, 2.75) is 32.5 Å². The van der Waals surface area contributed by atoms with Gasteiger partial charge in [0.2, 0.25) is 0 Å². The molecule has 2 rings (SSSR count). The highest BCUT2D eigenvalue weighted by molar-refractivity contribution is 9.10. The molecular weight excluding hydrogens is 316 g/mol. The van der Waals surface area contributed by atoms with Crippen molar-refractivity contribution in [1.29, 1.82) is 0 Å². The number of nitrogens with zero attached hydrogens (tertiary/aromatic N) is 4.